The van der Waals surface area contributed by atoms with Crippen molar-refractivity contribution in [3.05, 3.63) is 0 Å². The van der Waals surface area contributed by atoms with E-state index in [9.17, 15) is 0 Å². The van der Waals surface area contributed by atoms with Gasteiger partial charge in [-0.2, -0.15) is 0 Å². The van der Waals surface area contributed by atoms with Crippen LogP contribution in [-0.4, -0.2) is 24.4 Å². The summed E-state index contributed by atoms with van der Waals surface area (Å²) in [5, 5.41) is 8.91. The van der Waals surface area contributed by atoms with Crippen LogP contribution in [0.3, 0.4) is 0 Å². The predicted octanol–water partition coefficient (Wildman–Crippen LogP) is 1.96. The van der Waals surface area contributed by atoms with Crippen LogP contribution in [0, 0.1) is 5.92 Å². The molecule has 2 nitrogen and oxygen atoms in total. The minimum Gasteiger partial charge on any atom is -0.396 e. The van der Waals surface area contributed by atoms with Crippen molar-refractivity contribution in [3.63, 3.8) is 0 Å². The molecule has 0 radical (unpaired) electrons. The van der Waals surface area contributed by atoms with Crippen molar-refractivity contribution in [2.24, 2.45) is 5.92 Å². The van der Waals surface area contributed by atoms with E-state index < -0.39 is 0 Å². The van der Waals surface area contributed by atoms with Gasteiger partial charge in [-0.25, -0.2) is 0 Å². The highest BCUT2D eigenvalue weighted by atomic mass is 16.5. The fourth-order valence-electron chi connectivity index (χ4n) is 1.77. The van der Waals surface area contributed by atoms with Gasteiger partial charge in [0.1, 0.15) is 0 Å². The fourth-order valence-corrected chi connectivity index (χ4v) is 1.77. The lowest BCUT2D eigenvalue weighted by Crippen LogP contribution is -2.23. The highest BCUT2D eigenvalue weighted by Gasteiger charge is 2.20. The molecular formula is C10H20O2. The van der Waals surface area contributed by atoms with Gasteiger partial charge in [-0.05, 0) is 38.0 Å². The number of hydrogen-bond donors (Lipinski definition) is 1. The van der Waals surface area contributed by atoms with Gasteiger partial charge in [0.15, 0.2) is 0 Å². The van der Waals surface area contributed by atoms with Crippen LogP contribution in [0.15, 0.2) is 0 Å². The number of hydrogen-bond acceptors (Lipinski definition) is 2. The third-order valence-electron chi connectivity index (χ3n) is 2.61. The summed E-state index contributed by atoms with van der Waals surface area (Å²) in [5.41, 5.74) is 0. The van der Waals surface area contributed by atoms with Crippen molar-refractivity contribution >= 4 is 0 Å². The molecule has 0 aromatic heterocycles. The lowest BCUT2D eigenvalue weighted by Gasteiger charge is -2.27. The maximum absolute atomic E-state index is 8.91. The third-order valence-corrected chi connectivity index (χ3v) is 2.61. The molecule has 0 saturated heterocycles. The van der Waals surface area contributed by atoms with Gasteiger partial charge in [-0.3, -0.25) is 0 Å². The van der Waals surface area contributed by atoms with Crippen molar-refractivity contribution in [1.82, 2.24) is 0 Å². The molecule has 0 heterocycles. The molecule has 0 spiro atoms. The zero-order valence-electron chi connectivity index (χ0n) is 7.96. The molecule has 0 atom stereocenters. The summed E-state index contributed by atoms with van der Waals surface area (Å²) in [7, 11) is 0. The Labute approximate surface area is 74.9 Å². The Morgan fingerprint density at radius 1 is 1.25 bits per heavy atom. The molecule has 1 N–H and O–H groups in total. The Morgan fingerprint density at radius 3 is 2.42 bits per heavy atom. The molecule has 0 unspecified atom stereocenters. The first-order valence-corrected chi connectivity index (χ1v) is 5.09. The van der Waals surface area contributed by atoms with E-state index in [0.717, 1.165) is 38.7 Å². The van der Waals surface area contributed by atoms with Crippen LogP contribution in [0.4, 0.5) is 0 Å². The Morgan fingerprint density at radius 2 is 1.92 bits per heavy atom. The number of aliphatic hydroxyl groups excluding tert-OH is 1. The summed E-state index contributed by atoms with van der Waals surface area (Å²) >= 11 is 0. The van der Waals surface area contributed by atoms with E-state index in [-0.39, 0.29) is 0 Å². The molecule has 0 aromatic carbocycles. The van der Waals surface area contributed by atoms with Crippen molar-refractivity contribution in [1.29, 1.82) is 0 Å². The Bertz CT molecular complexity index is 106. The average molecular weight is 172 g/mol. The molecule has 1 saturated carbocycles. The number of aliphatic hydroxyl groups is 1. The first-order valence-electron chi connectivity index (χ1n) is 5.09. The smallest absolute Gasteiger partial charge is 0.0575 e. The highest BCUT2D eigenvalue weighted by Crippen LogP contribution is 2.25. The Kier molecular flexibility index (Phi) is 4.62. The van der Waals surface area contributed by atoms with Gasteiger partial charge in [0, 0.05) is 13.2 Å². The lowest BCUT2D eigenvalue weighted by atomic mass is 9.88. The second kappa shape index (κ2) is 5.55. The summed E-state index contributed by atoms with van der Waals surface area (Å²) in [5.74, 6) is 0.548. The van der Waals surface area contributed by atoms with Gasteiger partial charge in [0.05, 0.1) is 6.10 Å². The van der Waals surface area contributed by atoms with Crippen LogP contribution < -0.4 is 0 Å². The molecule has 0 aromatic rings. The van der Waals surface area contributed by atoms with E-state index in [1.165, 1.54) is 0 Å². The molecule has 72 valence electrons. The molecule has 0 amide bonds. The van der Waals surface area contributed by atoms with Crippen LogP contribution in [0.2, 0.25) is 0 Å². The van der Waals surface area contributed by atoms with Crippen LogP contribution in [0.5, 0.6) is 0 Å². The van der Waals surface area contributed by atoms with Crippen molar-refractivity contribution in [3.8, 4) is 0 Å². The summed E-state index contributed by atoms with van der Waals surface area (Å²) in [6.07, 6.45) is 6.17. The first kappa shape index (κ1) is 10.0. The molecule has 1 aliphatic carbocycles. The van der Waals surface area contributed by atoms with E-state index in [1.807, 2.05) is 0 Å². The minimum atomic E-state index is 0.362. The van der Waals surface area contributed by atoms with E-state index in [1.54, 1.807) is 0 Å². The number of ether oxygens (including phenoxy) is 1. The number of rotatable bonds is 4. The first-order chi connectivity index (χ1) is 5.86. The van der Waals surface area contributed by atoms with Crippen LogP contribution in [-0.2, 0) is 4.74 Å². The maximum Gasteiger partial charge on any atom is 0.0575 e. The van der Waals surface area contributed by atoms with Gasteiger partial charge >= 0.3 is 0 Å². The predicted molar refractivity (Wildman–Crippen MR) is 49.1 cm³/mol. The second-order valence-corrected chi connectivity index (χ2v) is 3.70. The average Bonchev–Trinajstić information content (AvgIpc) is 2.15. The van der Waals surface area contributed by atoms with Gasteiger partial charge in [-0.15, -0.1) is 0 Å². The third kappa shape index (κ3) is 3.11. The second-order valence-electron chi connectivity index (χ2n) is 3.70. The van der Waals surface area contributed by atoms with Crippen molar-refractivity contribution < 1.29 is 9.84 Å². The van der Waals surface area contributed by atoms with E-state index in [0.29, 0.717) is 18.6 Å². The van der Waals surface area contributed by atoms with E-state index in [4.69, 9.17) is 9.84 Å². The lowest BCUT2D eigenvalue weighted by molar-refractivity contribution is 0.0117. The zero-order chi connectivity index (χ0) is 8.81. The fraction of sp³-hybridized carbons (Fsp3) is 1.00. The van der Waals surface area contributed by atoms with Crippen molar-refractivity contribution in [2.45, 2.75) is 45.1 Å². The van der Waals surface area contributed by atoms with Crippen molar-refractivity contribution in [2.75, 3.05) is 13.2 Å². The monoisotopic (exact) mass is 172 g/mol. The summed E-state index contributed by atoms with van der Waals surface area (Å²) in [6.45, 7) is 3.40. The molecule has 0 bridgehead atoms. The Balaban J connectivity index is 2.09. The van der Waals surface area contributed by atoms with Crippen LogP contribution in [0.25, 0.3) is 0 Å². The topological polar surface area (TPSA) is 29.5 Å². The zero-order valence-corrected chi connectivity index (χ0v) is 7.96. The molecule has 2 heteroatoms. The largest absolute Gasteiger partial charge is 0.396 e. The van der Waals surface area contributed by atoms with E-state index in [2.05, 4.69) is 6.92 Å². The molecule has 1 rings (SSSR count). The quantitative estimate of drug-likeness (QED) is 0.702. The van der Waals surface area contributed by atoms with Crippen LogP contribution >= 0.6 is 0 Å². The molecule has 12 heavy (non-hydrogen) atoms. The standard InChI is InChI=1S/C10H20O2/c1-2-7-12-10-5-3-9(8-11)4-6-10/h9-11H,2-8H2,1H3. The molecule has 0 aliphatic heterocycles. The molecule has 1 aliphatic rings. The van der Waals surface area contributed by atoms with Crippen LogP contribution in [0.1, 0.15) is 39.0 Å². The van der Waals surface area contributed by atoms with Gasteiger partial charge in [0.2, 0.25) is 0 Å². The SMILES string of the molecule is CCCOC1CCC(CO)CC1. The van der Waals surface area contributed by atoms with E-state index >= 15 is 0 Å². The summed E-state index contributed by atoms with van der Waals surface area (Å²) in [4.78, 5) is 0. The normalized spacial score (nSPS) is 30.5. The highest BCUT2D eigenvalue weighted by molar-refractivity contribution is 4.71. The maximum atomic E-state index is 8.91. The molecular weight excluding hydrogens is 152 g/mol. The summed E-state index contributed by atoms with van der Waals surface area (Å²) in [6, 6.07) is 0. The minimum absolute atomic E-state index is 0.362. The van der Waals surface area contributed by atoms with Gasteiger partial charge in [0.25, 0.3) is 0 Å². The Hall–Kier alpha value is -0.0800. The molecule has 1 fully saturated rings. The van der Waals surface area contributed by atoms with Gasteiger partial charge in [-0.1, -0.05) is 6.92 Å². The summed E-state index contributed by atoms with van der Waals surface area (Å²) < 4.78 is 5.64. The van der Waals surface area contributed by atoms with Gasteiger partial charge < -0.3 is 9.84 Å².